The van der Waals surface area contributed by atoms with Gasteiger partial charge in [0.05, 0.1) is 0 Å². The summed E-state index contributed by atoms with van der Waals surface area (Å²) in [5.41, 5.74) is 2.02. The van der Waals surface area contributed by atoms with Crippen molar-refractivity contribution >= 4 is 28.6 Å². The quantitative estimate of drug-likeness (QED) is 0.771. The number of carboxylic acids is 1. The lowest BCUT2D eigenvalue weighted by molar-refractivity contribution is -0.139. The lowest BCUT2D eigenvalue weighted by Crippen LogP contribution is -2.21. The molecule has 0 saturated carbocycles. The van der Waals surface area contributed by atoms with Gasteiger partial charge in [-0.15, -0.1) is 0 Å². The van der Waals surface area contributed by atoms with E-state index in [4.69, 9.17) is 5.11 Å². The van der Waals surface area contributed by atoms with Gasteiger partial charge in [0.2, 0.25) is 0 Å². The van der Waals surface area contributed by atoms with Gasteiger partial charge in [-0.3, -0.25) is 10.1 Å². The van der Waals surface area contributed by atoms with E-state index >= 15 is 0 Å². The molecule has 0 fully saturated rings. The number of hydrogen-bond acceptors (Lipinski definition) is 2. The summed E-state index contributed by atoms with van der Waals surface area (Å²) in [4.78, 5) is 10.8. The average molecular weight is 289 g/mol. The fraction of sp³-hybridized carbons (Fsp3) is 0.222. The molecule has 1 aromatic carbocycles. The molecule has 0 spiro atoms. The third-order valence-electron chi connectivity index (χ3n) is 2.20. The van der Waals surface area contributed by atoms with Crippen LogP contribution in [0, 0.1) is 3.57 Å². The van der Waals surface area contributed by atoms with Crippen LogP contribution in [0.4, 0.5) is 0 Å². The number of aliphatic carboxylic acids is 1. The highest BCUT2D eigenvalue weighted by Gasteiger charge is 2.28. The van der Waals surface area contributed by atoms with Crippen molar-refractivity contribution in [3.63, 3.8) is 0 Å². The molecule has 1 unspecified atom stereocenters. The van der Waals surface area contributed by atoms with Gasteiger partial charge in [0.15, 0.2) is 0 Å². The minimum Gasteiger partial charge on any atom is -0.480 e. The summed E-state index contributed by atoms with van der Waals surface area (Å²) in [6, 6.07) is 5.23. The van der Waals surface area contributed by atoms with E-state index in [9.17, 15) is 4.79 Å². The Hall–Kier alpha value is -0.620. The smallest absolute Gasteiger partial charge is 0.325 e. The van der Waals surface area contributed by atoms with E-state index in [2.05, 4.69) is 27.9 Å². The molecule has 2 N–H and O–H groups in total. The van der Waals surface area contributed by atoms with Crippen molar-refractivity contribution in [2.45, 2.75) is 12.6 Å². The van der Waals surface area contributed by atoms with Crippen molar-refractivity contribution in [1.82, 2.24) is 5.32 Å². The Kier molecular flexibility index (Phi) is 2.25. The van der Waals surface area contributed by atoms with E-state index in [0.29, 0.717) is 6.54 Å². The normalized spacial score (nSPS) is 19.9. The van der Waals surface area contributed by atoms with Crippen LogP contribution in [-0.4, -0.2) is 11.1 Å². The maximum atomic E-state index is 10.8. The molecule has 0 radical (unpaired) electrons. The zero-order valence-corrected chi connectivity index (χ0v) is 8.91. The van der Waals surface area contributed by atoms with Gasteiger partial charge >= 0.3 is 5.97 Å². The van der Waals surface area contributed by atoms with Crippen molar-refractivity contribution in [2.24, 2.45) is 0 Å². The monoisotopic (exact) mass is 289 g/mol. The van der Waals surface area contributed by atoms with E-state index < -0.39 is 12.0 Å². The van der Waals surface area contributed by atoms with Crippen molar-refractivity contribution in [2.75, 3.05) is 0 Å². The van der Waals surface area contributed by atoms with E-state index in [0.717, 1.165) is 14.7 Å². The van der Waals surface area contributed by atoms with Gasteiger partial charge in [-0.05, 0) is 39.8 Å². The van der Waals surface area contributed by atoms with Gasteiger partial charge in [0.1, 0.15) is 6.04 Å². The minimum absolute atomic E-state index is 0.523. The first-order valence-corrected chi connectivity index (χ1v) is 5.01. The molecule has 0 aromatic heterocycles. The first-order chi connectivity index (χ1) is 6.20. The predicted octanol–water partition coefficient (Wildman–Crippen LogP) is 1.52. The molecule has 0 saturated heterocycles. The van der Waals surface area contributed by atoms with Crippen LogP contribution in [0.1, 0.15) is 17.2 Å². The molecular weight excluding hydrogens is 281 g/mol. The van der Waals surface area contributed by atoms with Gasteiger partial charge in [0.25, 0.3) is 0 Å². The van der Waals surface area contributed by atoms with Gasteiger partial charge < -0.3 is 5.11 Å². The van der Waals surface area contributed by atoms with Crippen LogP contribution < -0.4 is 5.32 Å². The van der Waals surface area contributed by atoms with Crippen molar-refractivity contribution in [1.29, 1.82) is 0 Å². The summed E-state index contributed by atoms with van der Waals surface area (Å²) in [5, 5.41) is 11.8. The molecule has 2 rings (SSSR count). The lowest BCUT2D eigenvalue weighted by atomic mass is 10.1. The number of fused-ring (bicyclic) bond motifs is 1. The van der Waals surface area contributed by atoms with Gasteiger partial charge in [-0.1, -0.05) is 12.1 Å². The topological polar surface area (TPSA) is 49.3 Å². The molecule has 0 aliphatic carbocycles. The van der Waals surface area contributed by atoms with Gasteiger partial charge in [0, 0.05) is 10.1 Å². The highest BCUT2D eigenvalue weighted by atomic mass is 127. The molecular formula is C9H8INO2. The number of rotatable bonds is 1. The van der Waals surface area contributed by atoms with Gasteiger partial charge in [-0.25, -0.2) is 0 Å². The molecule has 1 aliphatic heterocycles. The van der Waals surface area contributed by atoms with E-state index in [1.807, 2.05) is 18.2 Å². The molecule has 4 heteroatoms. The fourth-order valence-corrected chi connectivity index (χ4v) is 2.28. The second-order valence-electron chi connectivity index (χ2n) is 2.96. The van der Waals surface area contributed by atoms with E-state index in [1.54, 1.807) is 0 Å². The third-order valence-corrected chi connectivity index (χ3v) is 3.21. The summed E-state index contributed by atoms with van der Waals surface area (Å²) >= 11 is 2.23. The standard InChI is InChI=1S/C9H8INO2/c10-7-3-1-2-5-6(7)4-11-8(5)9(12)13/h1-3,8,11H,4H2,(H,12,13). The third kappa shape index (κ3) is 1.44. The average Bonchev–Trinajstić information content (AvgIpc) is 2.48. The van der Waals surface area contributed by atoms with Crippen molar-refractivity contribution in [3.8, 4) is 0 Å². The number of benzene rings is 1. The number of carbonyl (C=O) groups is 1. The van der Waals surface area contributed by atoms with Crippen LogP contribution in [0.5, 0.6) is 0 Å². The number of nitrogens with one attached hydrogen (secondary N) is 1. The SMILES string of the molecule is O=C(O)C1NCc2c(I)cccc21. The molecule has 0 amide bonds. The first-order valence-electron chi connectivity index (χ1n) is 3.93. The van der Waals surface area contributed by atoms with Crippen LogP contribution in [-0.2, 0) is 11.3 Å². The Balaban J connectivity index is 2.49. The van der Waals surface area contributed by atoms with Crippen LogP contribution >= 0.6 is 22.6 Å². The summed E-state index contributed by atoms with van der Waals surface area (Å²) < 4.78 is 1.13. The summed E-state index contributed by atoms with van der Waals surface area (Å²) in [7, 11) is 0. The zero-order valence-electron chi connectivity index (χ0n) is 6.75. The molecule has 3 nitrogen and oxygen atoms in total. The molecule has 1 aliphatic rings. The van der Waals surface area contributed by atoms with Crippen LogP contribution in [0.25, 0.3) is 0 Å². The first kappa shape index (κ1) is 8.96. The lowest BCUT2D eigenvalue weighted by Gasteiger charge is -2.05. The number of hydrogen-bond donors (Lipinski definition) is 2. The highest BCUT2D eigenvalue weighted by molar-refractivity contribution is 14.1. The maximum absolute atomic E-state index is 10.8. The number of halogens is 1. The predicted molar refractivity (Wildman–Crippen MR) is 56.4 cm³/mol. The molecule has 68 valence electrons. The molecule has 1 aromatic rings. The Morgan fingerprint density at radius 1 is 1.62 bits per heavy atom. The highest BCUT2D eigenvalue weighted by Crippen LogP contribution is 2.28. The molecule has 0 bridgehead atoms. The fourth-order valence-electron chi connectivity index (χ4n) is 1.57. The summed E-state index contributed by atoms with van der Waals surface area (Å²) in [5.74, 6) is -0.805. The minimum atomic E-state index is -0.805. The zero-order chi connectivity index (χ0) is 9.42. The summed E-state index contributed by atoms with van der Waals surface area (Å²) in [6.45, 7) is 0.658. The maximum Gasteiger partial charge on any atom is 0.325 e. The molecule has 13 heavy (non-hydrogen) atoms. The summed E-state index contributed by atoms with van der Waals surface area (Å²) in [6.07, 6.45) is 0. The Bertz CT molecular complexity index is 365. The van der Waals surface area contributed by atoms with E-state index in [1.165, 1.54) is 0 Å². The molecule has 1 atom stereocenters. The Morgan fingerprint density at radius 2 is 2.38 bits per heavy atom. The van der Waals surface area contributed by atoms with Gasteiger partial charge in [-0.2, -0.15) is 0 Å². The second kappa shape index (κ2) is 3.26. The Labute approximate surface area is 89.3 Å². The second-order valence-corrected chi connectivity index (χ2v) is 4.12. The van der Waals surface area contributed by atoms with E-state index in [-0.39, 0.29) is 0 Å². The largest absolute Gasteiger partial charge is 0.480 e. The number of carboxylic acid groups (broad SMARTS) is 1. The van der Waals surface area contributed by atoms with Crippen LogP contribution in [0.3, 0.4) is 0 Å². The van der Waals surface area contributed by atoms with Crippen molar-refractivity contribution in [3.05, 3.63) is 32.9 Å². The van der Waals surface area contributed by atoms with Crippen LogP contribution in [0.15, 0.2) is 18.2 Å². The van der Waals surface area contributed by atoms with Crippen LogP contribution in [0.2, 0.25) is 0 Å². The molecule has 1 heterocycles. The Morgan fingerprint density at radius 3 is 3.08 bits per heavy atom. The van der Waals surface area contributed by atoms with Crippen molar-refractivity contribution < 1.29 is 9.90 Å².